The second kappa shape index (κ2) is 14.1. The Morgan fingerprint density at radius 2 is 1.63 bits per heavy atom. The quantitative estimate of drug-likeness (QED) is 0.358. The molecular weight excluding hydrogens is 446 g/mol. The first-order valence-corrected chi connectivity index (χ1v) is 11.9. The number of carboxylic acid groups (broad SMARTS) is 2. The van der Waals surface area contributed by atoms with Crippen LogP contribution in [0.2, 0.25) is 0 Å². The van der Waals surface area contributed by atoms with E-state index in [4.69, 9.17) is 14.9 Å². The van der Waals surface area contributed by atoms with Gasteiger partial charge in [-0.3, -0.25) is 9.69 Å². The SMILES string of the molecule is CCCC(=O)c1cccc(-c2cc(OCCN3CCCC3)c(C)cc2C)c1.O=C(O)C=CC(=O)O. The van der Waals surface area contributed by atoms with Crippen LogP contribution in [0.4, 0.5) is 0 Å². The number of benzene rings is 2. The topological polar surface area (TPSA) is 104 Å². The number of carbonyl (C=O) groups is 3. The second-order valence-corrected chi connectivity index (χ2v) is 8.59. The van der Waals surface area contributed by atoms with Crippen molar-refractivity contribution in [1.82, 2.24) is 4.90 Å². The smallest absolute Gasteiger partial charge is 0.328 e. The minimum atomic E-state index is -1.26. The molecule has 2 aromatic carbocycles. The molecule has 1 heterocycles. The molecule has 1 fully saturated rings. The van der Waals surface area contributed by atoms with E-state index < -0.39 is 11.9 Å². The third-order valence-electron chi connectivity index (χ3n) is 5.73. The second-order valence-electron chi connectivity index (χ2n) is 8.59. The summed E-state index contributed by atoms with van der Waals surface area (Å²) >= 11 is 0. The molecule has 0 aromatic heterocycles. The minimum Gasteiger partial charge on any atom is -0.492 e. The third kappa shape index (κ3) is 9.37. The van der Waals surface area contributed by atoms with Crippen LogP contribution in [-0.2, 0) is 9.59 Å². The van der Waals surface area contributed by atoms with Gasteiger partial charge in [0.1, 0.15) is 12.4 Å². The number of aryl methyl sites for hydroxylation is 2. The summed E-state index contributed by atoms with van der Waals surface area (Å²) in [6.45, 7) is 10.4. The first-order valence-electron chi connectivity index (χ1n) is 11.9. The normalized spacial score (nSPS) is 13.3. The fraction of sp³-hybridized carbons (Fsp3) is 0.393. The summed E-state index contributed by atoms with van der Waals surface area (Å²) in [5.41, 5.74) is 5.39. The molecule has 0 amide bonds. The van der Waals surface area contributed by atoms with Crippen LogP contribution < -0.4 is 4.74 Å². The zero-order valence-electron chi connectivity index (χ0n) is 20.8. The number of aliphatic carboxylic acids is 2. The Balaban J connectivity index is 0.000000466. The largest absolute Gasteiger partial charge is 0.492 e. The van der Waals surface area contributed by atoms with Crippen LogP contribution in [0.15, 0.2) is 48.6 Å². The van der Waals surface area contributed by atoms with Gasteiger partial charge < -0.3 is 14.9 Å². The van der Waals surface area contributed by atoms with Crippen LogP contribution in [0.25, 0.3) is 11.1 Å². The van der Waals surface area contributed by atoms with Gasteiger partial charge in [0.15, 0.2) is 5.78 Å². The first kappa shape index (κ1) is 27.8. The average molecular weight is 482 g/mol. The van der Waals surface area contributed by atoms with Gasteiger partial charge in [-0.15, -0.1) is 0 Å². The van der Waals surface area contributed by atoms with Gasteiger partial charge >= 0.3 is 11.9 Å². The molecule has 1 saturated heterocycles. The molecule has 0 saturated carbocycles. The third-order valence-corrected chi connectivity index (χ3v) is 5.73. The molecule has 2 N–H and O–H groups in total. The average Bonchev–Trinajstić information content (AvgIpc) is 3.33. The Labute approximate surface area is 207 Å². The van der Waals surface area contributed by atoms with Gasteiger partial charge in [0.05, 0.1) is 0 Å². The highest BCUT2D eigenvalue weighted by Crippen LogP contribution is 2.31. The number of rotatable bonds is 10. The van der Waals surface area contributed by atoms with Crippen molar-refractivity contribution in [3.05, 3.63) is 65.2 Å². The molecule has 0 radical (unpaired) electrons. The van der Waals surface area contributed by atoms with E-state index in [1.54, 1.807) is 0 Å². The fourth-order valence-corrected chi connectivity index (χ4v) is 3.96. The van der Waals surface area contributed by atoms with Crippen LogP contribution in [0.5, 0.6) is 5.75 Å². The van der Waals surface area contributed by atoms with E-state index in [2.05, 4.69) is 36.9 Å². The highest BCUT2D eigenvalue weighted by molar-refractivity contribution is 5.97. The van der Waals surface area contributed by atoms with Gasteiger partial charge in [0.2, 0.25) is 0 Å². The highest BCUT2D eigenvalue weighted by Gasteiger charge is 2.13. The number of ketones is 1. The van der Waals surface area contributed by atoms with E-state index in [0.717, 1.165) is 47.6 Å². The van der Waals surface area contributed by atoms with Gasteiger partial charge in [-0.05, 0) is 80.6 Å². The lowest BCUT2D eigenvalue weighted by molar-refractivity contribution is -0.134. The lowest BCUT2D eigenvalue weighted by Crippen LogP contribution is -2.25. The Hall–Kier alpha value is -3.45. The van der Waals surface area contributed by atoms with Gasteiger partial charge in [-0.1, -0.05) is 31.2 Å². The number of hydrogen-bond acceptors (Lipinski definition) is 5. The molecule has 35 heavy (non-hydrogen) atoms. The van der Waals surface area contributed by atoms with Crippen LogP contribution in [0.3, 0.4) is 0 Å². The Bertz CT molecular complexity index is 1040. The monoisotopic (exact) mass is 481 g/mol. The summed E-state index contributed by atoms with van der Waals surface area (Å²) in [7, 11) is 0. The zero-order valence-corrected chi connectivity index (χ0v) is 20.8. The van der Waals surface area contributed by atoms with Gasteiger partial charge in [0.25, 0.3) is 0 Å². The zero-order chi connectivity index (χ0) is 25.8. The molecule has 3 rings (SSSR count). The lowest BCUT2D eigenvalue weighted by atomic mass is 9.95. The molecule has 7 heteroatoms. The van der Waals surface area contributed by atoms with Gasteiger partial charge in [-0.2, -0.15) is 0 Å². The summed E-state index contributed by atoms with van der Waals surface area (Å²) in [6, 6.07) is 12.3. The predicted molar refractivity (Wildman–Crippen MR) is 136 cm³/mol. The van der Waals surface area contributed by atoms with Crippen LogP contribution in [0.1, 0.15) is 54.1 Å². The minimum absolute atomic E-state index is 0.214. The van der Waals surface area contributed by atoms with Crippen LogP contribution >= 0.6 is 0 Å². The maximum Gasteiger partial charge on any atom is 0.328 e. The van der Waals surface area contributed by atoms with Gasteiger partial charge in [0, 0.05) is 30.7 Å². The van der Waals surface area contributed by atoms with E-state index in [9.17, 15) is 14.4 Å². The number of carbonyl (C=O) groups excluding carboxylic acids is 1. The van der Waals surface area contributed by atoms with Crippen molar-refractivity contribution in [2.24, 2.45) is 0 Å². The fourth-order valence-electron chi connectivity index (χ4n) is 3.96. The molecular formula is C28H35NO6. The number of Topliss-reactive ketones (excluding diaryl/α,β-unsaturated/α-hetero) is 1. The molecule has 0 unspecified atom stereocenters. The molecule has 0 atom stereocenters. The highest BCUT2D eigenvalue weighted by atomic mass is 16.5. The van der Waals surface area contributed by atoms with Crippen molar-refractivity contribution in [2.75, 3.05) is 26.2 Å². The Morgan fingerprint density at radius 3 is 2.23 bits per heavy atom. The lowest BCUT2D eigenvalue weighted by Gasteiger charge is -2.17. The number of likely N-dealkylation sites (tertiary alicyclic amines) is 1. The number of hydrogen-bond donors (Lipinski definition) is 2. The number of ether oxygens (including phenoxy) is 1. The molecule has 7 nitrogen and oxygen atoms in total. The summed E-state index contributed by atoms with van der Waals surface area (Å²) in [5.74, 6) is -1.36. The van der Waals surface area contributed by atoms with Gasteiger partial charge in [-0.25, -0.2) is 9.59 Å². The maximum absolute atomic E-state index is 12.3. The Kier molecular flexibility index (Phi) is 11.2. The van der Waals surface area contributed by atoms with Crippen LogP contribution in [0, 0.1) is 13.8 Å². The summed E-state index contributed by atoms with van der Waals surface area (Å²) in [4.78, 5) is 33.8. The molecule has 2 aromatic rings. The van der Waals surface area contributed by atoms with Crippen LogP contribution in [-0.4, -0.2) is 59.1 Å². The summed E-state index contributed by atoms with van der Waals surface area (Å²) in [5, 5.41) is 15.6. The molecule has 1 aliphatic rings. The van der Waals surface area contributed by atoms with Crippen molar-refractivity contribution < 1.29 is 29.3 Å². The van der Waals surface area contributed by atoms with E-state index in [0.29, 0.717) is 18.6 Å². The number of nitrogens with zero attached hydrogens (tertiary/aromatic N) is 1. The maximum atomic E-state index is 12.3. The van der Waals surface area contributed by atoms with Crippen molar-refractivity contribution in [3.8, 4) is 16.9 Å². The van der Waals surface area contributed by atoms with Crippen molar-refractivity contribution >= 4 is 17.7 Å². The molecule has 0 spiro atoms. The first-order chi connectivity index (χ1) is 16.7. The standard InChI is InChI=1S/C24H31NO2.C4H4O4/c1-4-8-23(26)21-10-7-9-20(16-21)22-17-24(19(3)15-18(22)2)27-14-13-25-11-5-6-12-25;5-3(6)1-2-4(7)8/h7,9-10,15-17H,4-6,8,11-14H2,1-3H3;1-2H,(H,5,6)(H,7,8). The number of carboxylic acids is 2. The predicted octanol–water partition coefficient (Wildman–Crippen LogP) is 5.14. The van der Waals surface area contributed by atoms with Crippen molar-refractivity contribution in [1.29, 1.82) is 0 Å². The van der Waals surface area contributed by atoms with Crippen molar-refractivity contribution in [3.63, 3.8) is 0 Å². The summed E-state index contributed by atoms with van der Waals surface area (Å²) in [6.07, 6.45) is 5.20. The van der Waals surface area contributed by atoms with E-state index >= 15 is 0 Å². The molecule has 0 aliphatic carbocycles. The Morgan fingerprint density at radius 1 is 0.971 bits per heavy atom. The molecule has 188 valence electrons. The molecule has 1 aliphatic heterocycles. The van der Waals surface area contributed by atoms with Crippen molar-refractivity contribution in [2.45, 2.75) is 46.5 Å². The van der Waals surface area contributed by atoms with E-state index in [1.165, 1.54) is 31.5 Å². The summed E-state index contributed by atoms with van der Waals surface area (Å²) < 4.78 is 6.12. The molecule has 0 bridgehead atoms. The van der Waals surface area contributed by atoms with E-state index in [-0.39, 0.29) is 5.78 Å². The van der Waals surface area contributed by atoms with E-state index in [1.807, 2.05) is 25.1 Å².